The molecule has 0 amide bonds. The molecular formula is C28H23N3O6. The number of ketones is 2. The number of methoxy groups -OCH3 is 1. The van der Waals surface area contributed by atoms with Gasteiger partial charge >= 0.3 is 11.4 Å². The number of rotatable bonds is 3. The molecule has 3 aromatic rings. The highest BCUT2D eigenvalue weighted by Crippen LogP contribution is 2.52. The Kier molecular flexibility index (Phi) is 5.04. The van der Waals surface area contributed by atoms with E-state index in [1.54, 1.807) is 55.5 Å². The summed E-state index contributed by atoms with van der Waals surface area (Å²) >= 11 is 0. The highest BCUT2D eigenvalue weighted by atomic mass is 16.5. The second kappa shape index (κ2) is 8.19. The predicted molar refractivity (Wildman–Crippen MR) is 134 cm³/mol. The van der Waals surface area contributed by atoms with E-state index in [0.29, 0.717) is 28.0 Å². The molecule has 37 heavy (non-hydrogen) atoms. The van der Waals surface area contributed by atoms with Crippen molar-refractivity contribution in [2.45, 2.75) is 31.8 Å². The van der Waals surface area contributed by atoms with Crippen LogP contribution in [0.25, 0.3) is 5.69 Å². The molecule has 0 fully saturated rings. The van der Waals surface area contributed by atoms with Gasteiger partial charge in [0.05, 0.1) is 25.4 Å². The molecule has 0 radical (unpaired) electrons. The summed E-state index contributed by atoms with van der Waals surface area (Å²) in [6.07, 6.45) is 3.22. The van der Waals surface area contributed by atoms with Gasteiger partial charge < -0.3 is 9.84 Å². The summed E-state index contributed by atoms with van der Waals surface area (Å²) in [5.41, 5.74) is 1.36. The number of phenolic OH excluding ortho intramolecular Hbond substituents is 1. The van der Waals surface area contributed by atoms with Crippen molar-refractivity contribution in [2.75, 3.05) is 7.11 Å². The van der Waals surface area contributed by atoms with Gasteiger partial charge in [-0.3, -0.25) is 9.59 Å². The number of allylic oxidation sites excluding steroid dienone is 6. The third-order valence-corrected chi connectivity index (χ3v) is 7.40. The van der Waals surface area contributed by atoms with Crippen molar-refractivity contribution in [2.24, 2.45) is 0 Å². The molecule has 0 saturated heterocycles. The minimum Gasteiger partial charge on any atom is -0.504 e. The fourth-order valence-electron chi connectivity index (χ4n) is 5.74. The van der Waals surface area contributed by atoms with E-state index in [0.717, 1.165) is 4.57 Å². The maximum Gasteiger partial charge on any atom is 0.352 e. The average molecular weight is 498 g/mol. The Morgan fingerprint density at radius 2 is 1.73 bits per heavy atom. The number of carbonyl (C=O) groups excluding carboxylic acids is 2. The van der Waals surface area contributed by atoms with Crippen molar-refractivity contribution in [3.63, 3.8) is 0 Å². The third kappa shape index (κ3) is 3.16. The van der Waals surface area contributed by atoms with Crippen LogP contribution in [0, 0.1) is 0 Å². The zero-order valence-corrected chi connectivity index (χ0v) is 20.2. The van der Waals surface area contributed by atoms with Crippen LogP contribution < -0.4 is 16.1 Å². The van der Waals surface area contributed by atoms with Gasteiger partial charge in [0.1, 0.15) is 0 Å². The maximum absolute atomic E-state index is 13.7. The Bertz CT molecular complexity index is 1710. The Balaban J connectivity index is 1.61. The smallest absolute Gasteiger partial charge is 0.352 e. The van der Waals surface area contributed by atoms with Crippen molar-refractivity contribution in [1.82, 2.24) is 13.9 Å². The van der Waals surface area contributed by atoms with Gasteiger partial charge in [-0.1, -0.05) is 36.4 Å². The fraction of sp³-hybridized carbons (Fsp3) is 0.214. The summed E-state index contributed by atoms with van der Waals surface area (Å²) in [6.45, 7) is 1.68. The van der Waals surface area contributed by atoms with E-state index in [2.05, 4.69) is 0 Å². The maximum atomic E-state index is 13.7. The number of aromatic hydroxyl groups is 1. The van der Waals surface area contributed by atoms with Gasteiger partial charge in [-0.25, -0.2) is 23.5 Å². The van der Waals surface area contributed by atoms with Crippen LogP contribution >= 0.6 is 0 Å². The molecule has 2 aromatic carbocycles. The number of carbonyl (C=O) groups is 2. The molecule has 3 aliphatic rings. The molecule has 6 rings (SSSR count). The molecular weight excluding hydrogens is 474 g/mol. The van der Waals surface area contributed by atoms with Crippen molar-refractivity contribution in [3.05, 3.63) is 110 Å². The second-order valence-corrected chi connectivity index (χ2v) is 9.33. The fourth-order valence-corrected chi connectivity index (χ4v) is 5.74. The van der Waals surface area contributed by atoms with E-state index in [9.17, 15) is 24.3 Å². The number of nitrogens with zero attached hydrogens (tertiary/aromatic N) is 3. The molecule has 2 atom stereocenters. The number of fused-ring (bicyclic) bond motifs is 3. The number of Topliss-reactive ketones (excluding diaryl/α,β-unsaturated/α-hetero) is 1. The van der Waals surface area contributed by atoms with Gasteiger partial charge in [0.15, 0.2) is 23.1 Å². The molecule has 186 valence electrons. The molecule has 1 aliphatic heterocycles. The number of hydrogen-bond acceptors (Lipinski definition) is 6. The molecule has 0 bridgehead atoms. The van der Waals surface area contributed by atoms with E-state index in [4.69, 9.17) is 4.74 Å². The van der Waals surface area contributed by atoms with Gasteiger partial charge in [-0.2, -0.15) is 0 Å². The highest BCUT2D eigenvalue weighted by molar-refractivity contribution is 6.23. The first-order chi connectivity index (χ1) is 17.8. The topological polar surface area (TPSA) is 113 Å². The largest absolute Gasteiger partial charge is 0.504 e. The summed E-state index contributed by atoms with van der Waals surface area (Å²) in [4.78, 5) is 53.6. The molecule has 1 aromatic heterocycles. The van der Waals surface area contributed by atoms with Crippen molar-refractivity contribution in [3.8, 4) is 17.2 Å². The number of benzene rings is 2. The van der Waals surface area contributed by atoms with Gasteiger partial charge in [-0.15, -0.1) is 0 Å². The minimum atomic E-state index is -0.791. The van der Waals surface area contributed by atoms with Crippen LogP contribution in [0.3, 0.4) is 0 Å². The lowest BCUT2D eigenvalue weighted by Gasteiger charge is -2.39. The standard InChI is InChI=1S/C28H23N3O6/c1-15-13-21(32)24-19(25(15)33)14-20-17(23(24)18-9-6-10-22(37-2)26(18)34)11-12-29-27(35)30(28(36)31(20)29)16-7-4-3-5-8-16/h3-11,13,20,23,34H,12,14H2,1-2H3/t20-,23-/m1/s1. The Morgan fingerprint density at radius 3 is 2.46 bits per heavy atom. The van der Waals surface area contributed by atoms with Gasteiger partial charge in [0.2, 0.25) is 0 Å². The Morgan fingerprint density at radius 1 is 0.973 bits per heavy atom. The van der Waals surface area contributed by atoms with Crippen molar-refractivity contribution < 1.29 is 19.4 Å². The van der Waals surface area contributed by atoms with Gasteiger partial charge in [-0.05, 0) is 36.8 Å². The van der Waals surface area contributed by atoms with Crippen molar-refractivity contribution >= 4 is 11.6 Å². The number of hydrogen-bond donors (Lipinski definition) is 1. The van der Waals surface area contributed by atoms with Gasteiger partial charge in [0.25, 0.3) is 0 Å². The van der Waals surface area contributed by atoms with E-state index in [1.165, 1.54) is 22.5 Å². The highest BCUT2D eigenvalue weighted by Gasteiger charge is 2.45. The van der Waals surface area contributed by atoms with Crippen LogP contribution in [0.15, 0.2) is 92.6 Å². The molecule has 1 N–H and O–H groups in total. The number of aromatic nitrogens is 3. The van der Waals surface area contributed by atoms with E-state index < -0.39 is 23.3 Å². The predicted octanol–water partition coefficient (Wildman–Crippen LogP) is 2.58. The molecule has 0 unspecified atom stereocenters. The first-order valence-electron chi connectivity index (χ1n) is 11.9. The lowest BCUT2D eigenvalue weighted by molar-refractivity contribution is -0.116. The number of para-hydroxylation sites is 2. The normalized spacial score (nSPS) is 20.6. The van der Waals surface area contributed by atoms with E-state index >= 15 is 0 Å². The lowest BCUT2D eigenvalue weighted by Crippen LogP contribution is -2.40. The zero-order chi connectivity index (χ0) is 26.0. The Labute approximate surface area is 210 Å². The van der Waals surface area contributed by atoms with Crippen LogP contribution in [-0.2, 0) is 16.1 Å². The molecule has 2 aliphatic carbocycles. The van der Waals surface area contributed by atoms with E-state index in [-0.39, 0.29) is 41.6 Å². The van der Waals surface area contributed by atoms with Gasteiger partial charge in [0, 0.05) is 34.6 Å². The first kappa shape index (κ1) is 22.8. The lowest BCUT2D eigenvalue weighted by atomic mass is 9.67. The molecule has 0 spiro atoms. The summed E-state index contributed by atoms with van der Waals surface area (Å²) < 4.78 is 9.15. The van der Waals surface area contributed by atoms with Crippen LogP contribution in [0.4, 0.5) is 0 Å². The molecule has 9 heteroatoms. The number of ether oxygens (including phenoxy) is 1. The zero-order valence-electron chi connectivity index (χ0n) is 20.2. The summed E-state index contributed by atoms with van der Waals surface area (Å²) in [7, 11) is 1.43. The molecule has 9 nitrogen and oxygen atoms in total. The Hall–Kier alpha value is -4.66. The van der Waals surface area contributed by atoms with E-state index in [1.807, 2.05) is 6.08 Å². The molecule has 2 heterocycles. The number of phenols is 1. The first-order valence-corrected chi connectivity index (χ1v) is 11.9. The summed E-state index contributed by atoms with van der Waals surface area (Å²) in [6, 6.07) is 12.9. The minimum absolute atomic E-state index is 0.0797. The summed E-state index contributed by atoms with van der Waals surface area (Å²) in [5, 5.41) is 11.1. The van der Waals surface area contributed by atoms with Crippen LogP contribution in [0.1, 0.15) is 30.9 Å². The van der Waals surface area contributed by atoms with Crippen molar-refractivity contribution in [1.29, 1.82) is 0 Å². The monoisotopic (exact) mass is 497 g/mol. The molecule has 0 saturated carbocycles. The quantitative estimate of drug-likeness (QED) is 0.440. The SMILES string of the molecule is COc1cccc([C@H]2C3=CCn4c(=O)n(-c5ccccc5)c(=O)n4[C@@H]3CC3=C2C(=O)C=C(C)C3=O)c1O. The second-order valence-electron chi connectivity index (χ2n) is 9.33. The van der Waals surface area contributed by atoms with Crippen LogP contribution in [-0.4, -0.2) is 37.7 Å². The third-order valence-electron chi connectivity index (χ3n) is 7.40. The summed E-state index contributed by atoms with van der Waals surface area (Å²) in [5.74, 6) is -1.30. The van der Waals surface area contributed by atoms with Crippen LogP contribution in [0.5, 0.6) is 11.5 Å². The van der Waals surface area contributed by atoms with Crippen LogP contribution in [0.2, 0.25) is 0 Å². The average Bonchev–Trinajstić information content (AvgIpc) is 3.16.